The Hall–Kier alpha value is -1.79. The summed E-state index contributed by atoms with van der Waals surface area (Å²) in [6, 6.07) is 4.01. The number of nitriles is 2. The number of allylic oxidation sites excluding steroid dienone is 2. The van der Waals surface area contributed by atoms with Gasteiger partial charge >= 0.3 is 0 Å². The number of unbranched alkanes of at least 4 members (excludes halogenated alkanes) is 2. The van der Waals surface area contributed by atoms with Gasteiger partial charge in [-0.3, -0.25) is 0 Å². The van der Waals surface area contributed by atoms with Gasteiger partial charge in [-0.15, -0.1) is 0 Å². The second-order valence-corrected chi connectivity index (χ2v) is 2.43. The van der Waals surface area contributed by atoms with E-state index in [9.17, 15) is 0 Å². The molecular weight excluding hydrogens is 174 g/mol. The summed E-state index contributed by atoms with van der Waals surface area (Å²) in [5.74, 6) is 0. The standard InChI is InChI=1S/C6H8N2.C5H7N/c1-8-6-4-2-3-5-7;1-2-3-4-5-6/h2-4,6H2;2-3H,4H2,1H3/b;3-2+. The Kier molecular flexibility index (Phi) is 18.2. The Labute approximate surface area is 86.1 Å². The Bertz CT molecular complexity index is 231. The summed E-state index contributed by atoms with van der Waals surface area (Å²) in [5, 5.41) is 15.9. The fourth-order valence-electron chi connectivity index (χ4n) is 0.565. The molecule has 14 heavy (non-hydrogen) atoms. The summed E-state index contributed by atoms with van der Waals surface area (Å²) in [7, 11) is 0. The largest absolute Gasteiger partial charge is 0.317 e. The second kappa shape index (κ2) is 17.3. The van der Waals surface area contributed by atoms with Gasteiger partial charge in [0.1, 0.15) is 0 Å². The molecule has 0 heterocycles. The maximum Gasteiger partial charge on any atom is 0.214 e. The first kappa shape index (κ1) is 14.7. The predicted molar refractivity (Wildman–Crippen MR) is 56.0 cm³/mol. The average Bonchev–Trinajstić information content (AvgIpc) is 2.22. The van der Waals surface area contributed by atoms with Gasteiger partial charge in [-0.2, -0.15) is 10.5 Å². The molecule has 0 spiro atoms. The van der Waals surface area contributed by atoms with Crippen LogP contribution in [-0.2, 0) is 0 Å². The third kappa shape index (κ3) is 22.5. The molecule has 0 N–H and O–H groups in total. The molecule has 0 aliphatic carbocycles. The summed E-state index contributed by atoms with van der Waals surface area (Å²) in [6.07, 6.45) is 6.56. The van der Waals surface area contributed by atoms with Crippen molar-refractivity contribution in [2.24, 2.45) is 0 Å². The van der Waals surface area contributed by atoms with Crippen molar-refractivity contribution < 1.29 is 0 Å². The van der Waals surface area contributed by atoms with Gasteiger partial charge in [0.05, 0.1) is 18.6 Å². The van der Waals surface area contributed by atoms with Crippen LogP contribution in [0.2, 0.25) is 0 Å². The number of hydrogen-bond acceptors (Lipinski definition) is 2. The van der Waals surface area contributed by atoms with Gasteiger partial charge in [-0.05, 0) is 13.3 Å². The van der Waals surface area contributed by atoms with Crippen molar-refractivity contribution in [3.05, 3.63) is 23.6 Å². The van der Waals surface area contributed by atoms with E-state index in [0.717, 1.165) is 12.8 Å². The molecule has 0 aliphatic heterocycles. The summed E-state index contributed by atoms with van der Waals surface area (Å²) in [5.41, 5.74) is 0. The summed E-state index contributed by atoms with van der Waals surface area (Å²) >= 11 is 0. The molecule has 0 bridgehead atoms. The molecule has 0 aliphatic rings. The van der Waals surface area contributed by atoms with Crippen molar-refractivity contribution in [3.63, 3.8) is 0 Å². The summed E-state index contributed by atoms with van der Waals surface area (Å²) in [6.45, 7) is 8.85. The van der Waals surface area contributed by atoms with Crippen molar-refractivity contribution in [2.45, 2.75) is 32.6 Å². The van der Waals surface area contributed by atoms with E-state index in [0.29, 0.717) is 19.4 Å². The molecule has 0 aromatic heterocycles. The van der Waals surface area contributed by atoms with E-state index < -0.39 is 0 Å². The lowest BCUT2D eigenvalue weighted by Gasteiger charge is -1.81. The molecule has 0 saturated carbocycles. The molecule has 0 radical (unpaired) electrons. The van der Waals surface area contributed by atoms with E-state index in [2.05, 4.69) is 4.85 Å². The van der Waals surface area contributed by atoms with Crippen LogP contribution in [-0.4, -0.2) is 6.54 Å². The van der Waals surface area contributed by atoms with Crippen LogP contribution in [0.15, 0.2) is 12.2 Å². The van der Waals surface area contributed by atoms with Crippen molar-refractivity contribution in [1.29, 1.82) is 10.5 Å². The highest BCUT2D eigenvalue weighted by Crippen LogP contribution is 1.92. The predicted octanol–water partition coefficient (Wildman–Crippen LogP) is 3.08. The van der Waals surface area contributed by atoms with Gasteiger partial charge < -0.3 is 4.85 Å². The molecule has 74 valence electrons. The molecule has 0 unspecified atom stereocenters. The zero-order chi connectivity index (χ0) is 11.1. The molecule has 0 atom stereocenters. The van der Waals surface area contributed by atoms with Crippen LogP contribution in [0.3, 0.4) is 0 Å². The van der Waals surface area contributed by atoms with Gasteiger partial charge in [-0.25, -0.2) is 6.57 Å². The zero-order valence-electron chi connectivity index (χ0n) is 8.53. The Morgan fingerprint density at radius 1 is 1.29 bits per heavy atom. The average molecular weight is 189 g/mol. The van der Waals surface area contributed by atoms with Crippen molar-refractivity contribution in [1.82, 2.24) is 0 Å². The molecule has 0 amide bonds. The van der Waals surface area contributed by atoms with Crippen molar-refractivity contribution in [2.75, 3.05) is 6.54 Å². The molecule has 3 heteroatoms. The minimum absolute atomic E-state index is 0.538. The van der Waals surface area contributed by atoms with Crippen LogP contribution in [0.4, 0.5) is 0 Å². The Balaban J connectivity index is 0. The van der Waals surface area contributed by atoms with Crippen LogP contribution < -0.4 is 0 Å². The lowest BCUT2D eigenvalue weighted by molar-refractivity contribution is 0.803. The zero-order valence-corrected chi connectivity index (χ0v) is 8.53. The van der Waals surface area contributed by atoms with Gasteiger partial charge in [0.25, 0.3) is 0 Å². The Morgan fingerprint density at radius 3 is 2.36 bits per heavy atom. The third-order valence-electron chi connectivity index (χ3n) is 1.25. The molecular formula is C11H15N3. The van der Waals surface area contributed by atoms with E-state index in [4.69, 9.17) is 17.1 Å². The van der Waals surface area contributed by atoms with Gasteiger partial charge in [0.2, 0.25) is 6.54 Å². The first-order valence-electron chi connectivity index (χ1n) is 4.51. The molecule has 0 fully saturated rings. The van der Waals surface area contributed by atoms with Gasteiger partial charge in [0, 0.05) is 12.8 Å². The van der Waals surface area contributed by atoms with Crippen LogP contribution in [0.5, 0.6) is 0 Å². The number of hydrogen-bond donors (Lipinski definition) is 0. The van der Waals surface area contributed by atoms with Crippen LogP contribution in [0.25, 0.3) is 4.85 Å². The van der Waals surface area contributed by atoms with Crippen LogP contribution >= 0.6 is 0 Å². The van der Waals surface area contributed by atoms with Gasteiger partial charge in [-0.1, -0.05) is 12.2 Å². The SMILES string of the molecule is C/C=C/CC#N.[C-]#[N+]CCCCC#N. The highest BCUT2D eigenvalue weighted by atomic mass is 14.6. The van der Waals surface area contributed by atoms with E-state index >= 15 is 0 Å². The highest BCUT2D eigenvalue weighted by Gasteiger charge is 1.85. The lowest BCUT2D eigenvalue weighted by Crippen LogP contribution is -1.75. The van der Waals surface area contributed by atoms with Crippen molar-refractivity contribution in [3.8, 4) is 12.1 Å². The first-order chi connectivity index (χ1) is 6.83. The quantitative estimate of drug-likeness (QED) is 0.387. The number of rotatable bonds is 4. The normalized spacial score (nSPS) is 7.86. The fraction of sp³-hybridized carbons (Fsp3) is 0.545. The minimum Gasteiger partial charge on any atom is -0.317 e. The topological polar surface area (TPSA) is 51.9 Å². The first-order valence-corrected chi connectivity index (χ1v) is 4.51. The van der Waals surface area contributed by atoms with E-state index in [-0.39, 0.29) is 0 Å². The highest BCUT2D eigenvalue weighted by molar-refractivity contribution is 4.87. The van der Waals surface area contributed by atoms with E-state index in [1.54, 1.807) is 0 Å². The number of nitrogens with zero attached hydrogens (tertiary/aromatic N) is 3. The molecule has 0 aromatic rings. The third-order valence-corrected chi connectivity index (χ3v) is 1.25. The maximum atomic E-state index is 8.04. The van der Waals surface area contributed by atoms with Crippen LogP contribution in [0, 0.1) is 29.2 Å². The Morgan fingerprint density at radius 2 is 2.00 bits per heavy atom. The molecule has 0 rings (SSSR count). The van der Waals surface area contributed by atoms with E-state index in [1.807, 2.05) is 31.2 Å². The van der Waals surface area contributed by atoms with Gasteiger partial charge in [0.15, 0.2) is 0 Å². The lowest BCUT2D eigenvalue weighted by atomic mass is 10.2. The molecule has 0 aromatic carbocycles. The van der Waals surface area contributed by atoms with Crippen LogP contribution in [0.1, 0.15) is 32.6 Å². The fourth-order valence-corrected chi connectivity index (χ4v) is 0.565. The van der Waals surface area contributed by atoms with E-state index in [1.165, 1.54) is 0 Å². The monoisotopic (exact) mass is 189 g/mol. The minimum atomic E-state index is 0.538. The maximum absolute atomic E-state index is 8.04. The smallest absolute Gasteiger partial charge is 0.214 e. The summed E-state index contributed by atoms with van der Waals surface area (Å²) < 4.78 is 0. The van der Waals surface area contributed by atoms with Crippen molar-refractivity contribution >= 4 is 0 Å². The summed E-state index contributed by atoms with van der Waals surface area (Å²) in [4.78, 5) is 3.15. The molecule has 3 nitrogen and oxygen atoms in total. The second-order valence-electron chi connectivity index (χ2n) is 2.43. The molecule has 0 saturated heterocycles.